The van der Waals surface area contributed by atoms with E-state index >= 15 is 0 Å². The van der Waals surface area contributed by atoms with Crippen LogP contribution in [-0.2, 0) is 0 Å². The molecule has 0 spiro atoms. The third-order valence-corrected chi connectivity index (χ3v) is 4.98. The lowest BCUT2D eigenvalue weighted by Gasteiger charge is -2.13. The molecule has 2 rings (SSSR count). The Morgan fingerprint density at radius 2 is 2.21 bits per heavy atom. The summed E-state index contributed by atoms with van der Waals surface area (Å²) in [5, 5.41) is 0. The zero-order valence-electron chi connectivity index (χ0n) is 10.8. The summed E-state index contributed by atoms with van der Waals surface area (Å²) in [7, 11) is 0. The van der Waals surface area contributed by atoms with Crippen molar-refractivity contribution in [3.8, 4) is 5.88 Å². The van der Waals surface area contributed by atoms with Gasteiger partial charge in [0.05, 0.1) is 11.1 Å². The lowest BCUT2D eigenvalue weighted by molar-refractivity contribution is 0.283. The summed E-state index contributed by atoms with van der Waals surface area (Å²) in [4.78, 5) is 6.76. The molecule has 0 N–H and O–H groups in total. The molecule has 2 heterocycles. The second kappa shape index (κ2) is 8.49. The van der Waals surface area contributed by atoms with Gasteiger partial charge in [0.25, 0.3) is 0 Å². The molecule has 1 aromatic heterocycles. The monoisotopic (exact) mass is 408 g/mol. The lowest BCUT2D eigenvalue weighted by Crippen LogP contribution is -2.20. The van der Waals surface area contributed by atoms with Crippen molar-refractivity contribution in [2.24, 2.45) is 0 Å². The van der Waals surface area contributed by atoms with Crippen LogP contribution in [0.3, 0.4) is 0 Å². The van der Waals surface area contributed by atoms with Gasteiger partial charge in [-0.3, -0.25) is 4.90 Å². The first kappa shape index (κ1) is 15.6. The third kappa shape index (κ3) is 5.61. The minimum Gasteiger partial charge on any atom is -0.477 e. The zero-order chi connectivity index (χ0) is 13.5. The molecule has 6 heteroatoms. The maximum Gasteiger partial charge on any atom is 0.228 e. The van der Waals surface area contributed by atoms with E-state index < -0.39 is 0 Å². The molecule has 0 aromatic carbocycles. The molecule has 0 unspecified atom stereocenters. The average molecular weight is 410 g/mol. The van der Waals surface area contributed by atoms with E-state index in [1.54, 1.807) is 6.20 Å². The van der Waals surface area contributed by atoms with Crippen LogP contribution in [-0.4, -0.2) is 41.2 Å². The fourth-order valence-corrected chi connectivity index (χ4v) is 4.05. The van der Waals surface area contributed by atoms with Gasteiger partial charge in [-0.05, 0) is 63.7 Å². The van der Waals surface area contributed by atoms with Crippen molar-refractivity contribution in [3.05, 3.63) is 21.2 Å². The largest absolute Gasteiger partial charge is 0.477 e. The number of thioether (sulfide) groups is 1. The zero-order valence-corrected chi connectivity index (χ0v) is 14.8. The van der Waals surface area contributed by atoms with Crippen LogP contribution in [0.25, 0.3) is 0 Å². The summed E-state index contributed by atoms with van der Waals surface area (Å²) >= 11 is 8.86. The van der Waals surface area contributed by atoms with Gasteiger partial charge in [0.15, 0.2) is 0 Å². The normalized spacial score (nSPS) is 15.9. The average Bonchev–Trinajstić information content (AvgIpc) is 2.89. The molecule has 0 atom stereocenters. The van der Waals surface area contributed by atoms with Crippen LogP contribution in [0.1, 0.15) is 19.3 Å². The number of ether oxygens (including phenoxy) is 1. The highest BCUT2D eigenvalue weighted by molar-refractivity contribution is 9.11. The van der Waals surface area contributed by atoms with Crippen LogP contribution in [0.2, 0.25) is 0 Å². The molecular formula is C13H18Br2N2OS. The number of aromatic nitrogens is 1. The number of nitrogens with zero attached hydrogens (tertiary/aromatic N) is 2. The Bertz CT molecular complexity index is 400. The molecule has 0 bridgehead atoms. The summed E-state index contributed by atoms with van der Waals surface area (Å²) in [5.41, 5.74) is 0. The van der Waals surface area contributed by atoms with Gasteiger partial charge in [0.2, 0.25) is 5.88 Å². The highest BCUT2D eigenvalue weighted by Crippen LogP contribution is 2.25. The van der Waals surface area contributed by atoms with Gasteiger partial charge in [0, 0.05) is 28.8 Å². The Balaban J connectivity index is 1.56. The molecule has 3 nitrogen and oxygen atoms in total. The van der Waals surface area contributed by atoms with Gasteiger partial charge >= 0.3 is 0 Å². The van der Waals surface area contributed by atoms with Crippen LogP contribution in [0.15, 0.2) is 21.2 Å². The van der Waals surface area contributed by atoms with E-state index in [2.05, 4.69) is 41.7 Å². The predicted octanol–water partition coefficient (Wildman–Crippen LogP) is 4.16. The summed E-state index contributed by atoms with van der Waals surface area (Å²) in [6.07, 6.45) is 5.32. The minimum atomic E-state index is 0.680. The van der Waals surface area contributed by atoms with Crippen molar-refractivity contribution in [1.82, 2.24) is 9.88 Å². The Morgan fingerprint density at radius 1 is 1.32 bits per heavy atom. The van der Waals surface area contributed by atoms with Gasteiger partial charge in [0.1, 0.15) is 0 Å². The van der Waals surface area contributed by atoms with E-state index in [1.165, 1.54) is 37.6 Å². The summed E-state index contributed by atoms with van der Waals surface area (Å²) < 4.78 is 7.52. The van der Waals surface area contributed by atoms with Crippen LogP contribution in [0, 0.1) is 0 Å². The highest BCUT2D eigenvalue weighted by Gasteiger charge is 2.10. The number of pyridine rings is 1. The van der Waals surface area contributed by atoms with Crippen molar-refractivity contribution < 1.29 is 4.74 Å². The number of halogens is 2. The maximum absolute atomic E-state index is 5.67. The molecule has 0 saturated carbocycles. The van der Waals surface area contributed by atoms with Crippen LogP contribution < -0.4 is 4.74 Å². The van der Waals surface area contributed by atoms with Gasteiger partial charge < -0.3 is 4.74 Å². The van der Waals surface area contributed by atoms with Gasteiger partial charge in [-0.25, -0.2) is 4.98 Å². The van der Waals surface area contributed by atoms with Gasteiger partial charge in [-0.1, -0.05) is 0 Å². The minimum absolute atomic E-state index is 0.680. The lowest BCUT2D eigenvalue weighted by atomic mass is 10.2. The fraction of sp³-hybridized carbons (Fsp3) is 0.615. The number of hydrogen-bond donors (Lipinski definition) is 0. The van der Waals surface area contributed by atoms with Crippen molar-refractivity contribution in [3.63, 3.8) is 0 Å². The third-order valence-electron chi connectivity index (χ3n) is 2.96. The number of hydrogen-bond acceptors (Lipinski definition) is 4. The standard InChI is InChI=1S/C13H18Br2N2OS/c14-11-8-12(15)13(16-9-11)18-6-3-1-2-4-17-5-7-19-10-17/h8-9H,1-7,10H2. The van der Waals surface area contributed by atoms with Gasteiger partial charge in [-0.15, -0.1) is 11.8 Å². The van der Waals surface area contributed by atoms with Crippen molar-refractivity contribution in [1.29, 1.82) is 0 Å². The molecule has 19 heavy (non-hydrogen) atoms. The predicted molar refractivity (Wildman–Crippen MR) is 87.9 cm³/mol. The first-order valence-electron chi connectivity index (χ1n) is 6.49. The van der Waals surface area contributed by atoms with Crippen molar-refractivity contribution >= 4 is 43.6 Å². The molecule has 1 fully saturated rings. The molecule has 0 radical (unpaired) electrons. The first-order valence-corrected chi connectivity index (χ1v) is 9.24. The Kier molecular flexibility index (Phi) is 6.98. The molecule has 1 aliphatic rings. The Labute approximate surface area is 135 Å². The molecule has 0 amide bonds. The van der Waals surface area contributed by atoms with Crippen LogP contribution in [0.5, 0.6) is 5.88 Å². The quantitative estimate of drug-likeness (QED) is 0.631. The Morgan fingerprint density at radius 3 is 2.95 bits per heavy atom. The van der Waals surface area contributed by atoms with E-state index in [9.17, 15) is 0 Å². The van der Waals surface area contributed by atoms with Gasteiger partial charge in [-0.2, -0.15) is 0 Å². The molecule has 106 valence electrons. The van der Waals surface area contributed by atoms with Crippen molar-refractivity contribution in [2.75, 3.05) is 31.3 Å². The highest BCUT2D eigenvalue weighted by atomic mass is 79.9. The van der Waals surface area contributed by atoms with Crippen LogP contribution >= 0.6 is 43.6 Å². The second-order valence-electron chi connectivity index (χ2n) is 4.51. The number of unbranched alkanes of at least 4 members (excludes halogenated alkanes) is 2. The Hall–Kier alpha value is 0.220. The smallest absolute Gasteiger partial charge is 0.228 e. The van der Waals surface area contributed by atoms with E-state index in [4.69, 9.17) is 4.74 Å². The molecule has 0 aliphatic carbocycles. The fourth-order valence-electron chi connectivity index (χ4n) is 1.92. The molecule has 1 aromatic rings. The van der Waals surface area contributed by atoms with E-state index in [0.29, 0.717) is 5.88 Å². The SMILES string of the molecule is Brc1cnc(OCCCCCN2CCSC2)c(Br)c1. The molecule has 1 saturated heterocycles. The first-order chi connectivity index (χ1) is 9.25. The maximum atomic E-state index is 5.67. The second-order valence-corrected chi connectivity index (χ2v) is 7.35. The van der Waals surface area contributed by atoms with Crippen LogP contribution in [0.4, 0.5) is 0 Å². The summed E-state index contributed by atoms with van der Waals surface area (Å²) in [5.74, 6) is 3.19. The van der Waals surface area contributed by atoms with E-state index in [0.717, 1.165) is 22.0 Å². The topological polar surface area (TPSA) is 25.4 Å². The van der Waals surface area contributed by atoms with E-state index in [-0.39, 0.29) is 0 Å². The van der Waals surface area contributed by atoms with E-state index in [1.807, 2.05) is 17.8 Å². The summed E-state index contributed by atoms with van der Waals surface area (Å²) in [6.45, 7) is 3.23. The molecule has 1 aliphatic heterocycles. The van der Waals surface area contributed by atoms with Crippen molar-refractivity contribution in [2.45, 2.75) is 19.3 Å². The number of rotatable bonds is 7. The summed E-state index contributed by atoms with van der Waals surface area (Å²) in [6, 6.07) is 1.95. The molecular weight excluding hydrogens is 392 g/mol.